The molecule has 0 radical (unpaired) electrons. The number of hydrogen-bond acceptors (Lipinski definition) is 1. The van der Waals surface area contributed by atoms with Crippen molar-refractivity contribution in [3.8, 4) is 0 Å². The summed E-state index contributed by atoms with van der Waals surface area (Å²) in [5.74, 6) is 0. The lowest BCUT2D eigenvalue weighted by molar-refractivity contribution is 0.949. The maximum atomic E-state index is 2.47. The lowest BCUT2D eigenvalue weighted by Gasteiger charge is -2.17. The predicted molar refractivity (Wildman–Crippen MR) is 92.7 cm³/mol. The van der Waals surface area contributed by atoms with Crippen LogP contribution in [0.5, 0.6) is 0 Å². The van der Waals surface area contributed by atoms with Gasteiger partial charge < -0.3 is 4.90 Å². The summed E-state index contributed by atoms with van der Waals surface area (Å²) in [6.45, 7) is 6.72. The summed E-state index contributed by atoms with van der Waals surface area (Å²) in [5.41, 5.74) is 6.57. The Morgan fingerprint density at radius 3 is 2.24 bits per heavy atom. The molecular formula is C20H23N. The Morgan fingerprint density at radius 1 is 0.857 bits per heavy atom. The van der Waals surface area contributed by atoms with Crippen LogP contribution < -0.4 is 4.90 Å². The van der Waals surface area contributed by atoms with Gasteiger partial charge in [-0.3, -0.25) is 0 Å². The number of anilines is 1. The molecule has 0 N–H and O–H groups in total. The SMILES string of the molecule is Cc1ccc(C=Cc2ccc(N3CCCC3)cc2)c(C)c1. The van der Waals surface area contributed by atoms with Gasteiger partial charge in [-0.25, -0.2) is 0 Å². The fraction of sp³-hybridized carbons (Fsp3) is 0.300. The maximum Gasteiger partial charge on any atom is 0.0366 e. The smallest absolute Gasteiger partial charge is 0.0366 e. The van der Waals surface area contributed by atoms with Crippen molar-refractivity contribution in [3.63, 3.8) is 0 Å². The Balaban J connectivity index is 1.73. The highest BCUT2D eigenvalue weighted by Gasteiger charge is 2.11. The van der Waals surface area contributed by atoms with Crippen molar-refractivity contribution in [2.24, 2.45) is 0 Å². The quantitative estimate of drug-likeness (QED) is 0.708. The minimum Gasteiger partial charge on any atom is -0.372 e. The average Bonchev–Trinajstić information content (AvgIpc) is 3.01. The third-order valence-electron chi connectivity index (χ3n) is 4.24. The standard InChI is InChI=1S/C20H23N/c1-16-5-9-19(17(2)15-16)10-6-18-7-11-20(12-8-18)21-13-3-4-14-21/h5-12,15H,3-4,13-14H2,1-2H3. The molecule has 0 unspecified atom stereocenters. The Kier molecular flexibility index (Phi) is 4.10. The van der Waals surface area contributed by atoms with Crippen LogP contribution in [-0.2, 0) is 0 Å². The maximum absolute atomic E-state index is 2.47. The van der Waals surface area contributed by atoms with Gasteiger partial charge in [-0.05, 0) is 55.5 Å². The lowest BCUT2D eigenvalue weighted by Crippen LogP contribution is -2.17. The second-order valence-electron chi connectivity index (χ2n) is 5.98. The molecule has 0 bridgehead atoms. The number of rotatable bonds is 3. The molecule has 0 aromatic heterocycles. The van der Waals surface area contributed by atoms with Crippen molar-refractivity contribution in [1.29, 1.82) is 0 Å². The van der Waals surface area contributed by atoms with Gasteiger partial charge in [0.15, 0.2) is 0 Å². The molecule has 1 aliphatic rings. The predicted octanol–water partition coefficient (Wildman–Crippen LogP) is 5.07. The number of nitrogens with zero attached hydrogens (tertiary/aromatic N) is 1. The average molecular weight is 277 g/mol. The molecule has 1 fully saturated rings. The molecule has 2 aromatic rings. The van der Waals surface area contributed by atoms with Crippen molar-refractivity contribution in [1.82, 2.24) is 0 Å². The summed E-state index contributed by atoms with van der Waals surface area (Å²) in [6.07, 6.45) is 7.06. The fourth-order valence-electron chi connectivity index (χ4n) is 2.97. The minimum absolute atomic E-state index is 1.21. The summed E-state index contributed by atoms with van der Waals surface area (Å²) in [5, 5.41) is 0. The zero-order chi connectivity index (χ0) is 14.7. The van der Waals surface area contributed by atoms with Gasteiger partial charge in [0.2, 0.25) is 0 Å². The molecule has 1 saturated heterocycles. The molecule has 1 heterocycles. The summed E-state index contributed by atoms with van der Waals surface area (Å²) in [7, 11) is 0. The molecule has 21 heavy (non-hydrogen) atoms. The molecular weight excluding hydrogens is 254 g/mol. The molecule has 0 amide bonds. The van der Waals surface area contributed by atoms with Crippen LogP contribution in [0.1, 0.15) is 35.1 Å². The largest absolute Gasteiger partial charge is 0.372 e. The molecule has 108 valence electrons. The van der Waals surface area contributed by atoms with Crippen LogP contribution in [0.25, 0.3) is 12.2 Å². The molecule has 1 nitrogen and oxygen atoms in total. The molecule has 0 saturated carbocycles. The zero-order valence-corrected chi connectivity index (χ0v) is 13.0. The number of aryl methyl sites for hydroxylation is 2. The van der Waals surface area contributed by atoms with E-state index in [1.165, 1.54) is 53.9 Å². The second kappa shape index (κ2) is 6.17. The highest BCUT2D eigenvalue weighted by Crippen LogP contribution is 2.21. The first-order valence-electron chi connectivity index (χ1n) is 7.83. The third kappa shape index (κ3) is 3.36. The molecule has 0 atom stereocenters. The molecule has 2 aromatic carbocycles. The first kappa shape index (κ1) is 13.9. The Morgan fingerprint density at radius 2 is 1.57 bits per heavy atom. The van der Waals surface area contributed by atoms with Gasteiger partial charge in [0, 0.05) is 18.8 Å². The Labute approximate surface area is 127 Å². The molecule has 0 spiro atoms. The van der Waals surface area contributed by atoms with Gasteiger partial charge in [0.25, 0.3) is 0 Å². The van der Waals surface area contributed by atoms with Crippen molar-refractivity contribution >= 4 is 17.8 Å². The topological polar surface area (TPSA) is 3.24 Å². The van der Waals surface area contributed by atoms with E-state index in [1.54, 1.807) is 0 Å². The van der Waals surface area contributed by atoms with Crippen LogP contribution >= 0.6 is 0 Å². The van der Waals surface area contributed by atoms with Crippen molar-refractivity contribution < 1.29 is 0 Å². The number of benzene rings is 2. The van der Waals surface area contributed by atoms with E-state index >= 15 is 0 Å². The van der Waals surface area contributed by atoms with Gasteiger partial charge in [-0.1, -0.05) is 48.0 Å². The van der Waals surface area contributed by atoms with Crippen molar-refractivity contribution in [3.05, 3.63) is 64.7 Å². The highest BCUT2D eigenvalue weighted by atomic mass is 15.1. The van der Waals surface area contributed by atoms with Crippen LogP contribution in [0, 0.1) is 13.8 Å². The van der Waals surface area contributed by atoms with E-state index in [0.717, 1.165) is 0 Å². The van der Waals surface area contributed by atoms with Crippen LogP contribution in [0.3, 0.4) is 0 Å². The van der Waals surface area contributed by atoms with Crippen LogP contribution in [-0.4, -0.2) is 13.1 Å². The summed E-state index contributed by atoms with van der Waals surface area (Å²) < 4.78 is 0. The molecule has 1 aliphatic heterocycles. The van der Waals surface area contributed by atoms with Crippen molar-refractivity contribution in [2.45, 2.75) is 26.7 Å². The van der Waals surface area contributed by atoms with Gasteiger partial charge in [-0.2, -0.15) is 0 Å². The van der Waals surface area contributed by atoms with Gasteiger partial charge in [0.05, 0.1) is 0 Å². The lowest BCUT2D eigenvalue weighted by atomic mass is 10.0. The Hall–Kier alpha value is -2.02. The normalized spacial score (nSPS) is 15.0. The Bertz CT molecular complexity index is 631. The minimum atomic E-state index is 1.21. The van der Waals surface area contributed by atoms with Gasteiger partial charge in [0.1, 0.15) is 0 Å². The summed E-state index contributed by atoms with van der Waals surface area (Å²) in [6, 6.07) is 15.5. The van der Waals surface area contributed by atoms with Crippen LogP contribution in [0.15, 0.2) is 42.5 Å². The monoisotopic (exact) mass is 277 g/mol. The van der Waals surface area contributed by atoms with E-state index in [0.29, 0.717) is 0 Å². The first-order valence-corrected chi connectivity index (χ1v) is 7.83. The molecule has 3 rings (SSSR count). The van der Waals surface area contributed by atoms with E-state index in [1.807, 2.05) is 0 Å². The zero-order valence-electron chi connectivity index (χ0n) is 13.0. The second-order valence-corrected chi connectivity index (χ2v) is 5.98. The van der Waals surface area contributed by atoms with E-state index in [2.05, 4.69) is 73.4 Å². The van der Waals surface area contributed by atoms with Gasteiger partial charge >= 0.3 is 0 Å². The van der Waals surface area contributed by atoms with Crippen LogP contribution in [0.4, 0.5) is 5.69 Å². The highest BCUT2D eigenvalue weighted by molar-refractivity contribution is 5.72. The van der Waals surface area contributed by atoms with Crippen LogP contribution in [0.2, 0.25) is 0 Å². The summed E-state index contributed by atoms with van der Waals surface area (Å²) in [4.78, 5) is 2.47. The van der Waals surface area contributed by atoms with Crippen molar-refractivity contribution in [2.75, 3.05) is 18.0 Å². The van der Waals surface area contributed by atoms with E-state index in [9.17, 15) is 0 Å². The van der Waals surface area contributed by atoms with Gasteiger partial charge in [-0.15, -0.1) is 0 Å². The molecule has 1 heteroatoms. The summed E-state index contributed by atoms with van der Waals surface area (Å²) >= 11 is 0. The molecule has 0 aliphatic carbocycles. The first-order chi connectivity index (χ1) is 10.2. The number of hydrogen-bond donors (Lipinski definition) is 0. The van der Waals surface area contributed by atoms with E-state index < -0.39 is 0 Å². The van der Waals surface area contributed by atoms with E-state index in [4.69, 9.17) is 0 Å². The van der Waals surface area contributed by atoms with E-state index in [-0.39, 0.29) is 0 Å². The third-order valence-corrected chi connectivity index (χ3v) is 4.24. The fourth-order valence-corrected chi connectivity index (χ4v) is 2.97.